The fraction of sp³-hybridized carbons (Fsp3) is 0.400. The van der Waals surface area contributed by atoms with E-state index >= 15 is 0 Å². The Morgan fingerprint density at radius 2 is 2.00 bits per heavy atom. The van der Waals surface area contributed by atoms with Crippen molar-refractivity contribution >= 4 is 17.8 Å². The molecule has 0 bridgehead atoms. The van der Waals surface area contributed by atoms with Crippen molar-refractivity contribution in [3.63, 3.8) is 0 Å². The first-order valence-corrected chi connectivity index (χ1v) is 6.98. The second-order valence-electron chi connectivity index (χ2n) is 5.99. The van der Waals surface area contributed by atoms with E-state index in [1.165, 1.54) is 12.4 Å². The SMILES string of the molecule is Cc1cnc(C(=O)OCC(=O)Nc2cc(C(C)(C)C)no2)cn1. The number of amides is 1. The summed E-state index contributed by atoms with van der Waals surface area (Å²) < 4.78 is 9.88. The Kier molecular flexibility index (Phi) is 4.73. The number of esters is 1. The first kappa shape index (κ1) is 16.6. The third-order valence-corrected chi connectivity index (χ3v) is 2.87. The van der Waals surface area contributed by atoms with Gasteiger partial charge in [0.05, 0.1) is 17.6 Å². The standard InChI is InChI=1S/C15H18N4O4/c1-9-6-17-10(7-16-9)14(21)22-8-12(20)18-13-5-11(19-23-13)15(2,3)4/h5-7H,8H2,1-4H3,(H,18,20). The molecule has 0 unspecified atom stereocenters. The first-order chi connectivity index (χ1) is 10.8. The summed E-state index contributed by atoms with van der Waals surface area (Å²) in [7, 11) is 0. The van der Waals surface area contributed by atoms with E-state index < -0.39 is 18.5 Å². The lowest BCUT2D eigenvalue weighted by molar-refractivity contribution is -0.119. The van der Waals surface area contributed by atoms with Crippen LogP contribution in [0.15, 0.2) is 23.0 Å². The highest BCUT2D eigenvalue weighted by molar-refractivity contribution is 5.93. The van der Waals surface area contributed by atoms with E-state index in [0.717, 1.165) is 0 Å². The molecule has 2 heterocycles. The molecular formula is C15H18N4O4. The number of hydrogen-bond acceptors (Lipinski definition) is 7. The van der Waals surface area contributed by atoms with E-state index in [1.54, 1.807) is 13.0 Å². The van der Waals surface area contributed by atoms with Gasteiger partial charge in [-0.2, -0.15) is 0 Å². The quantitative estimate of drug-likeness (QED) is 0.857. The van der Waals surface area contributed by atoms with Crippen molar-refractivity contribution in [2.45, 2.75) is 33.1 Å². The smallest absolute Gasteiger partial charge is 0.359 e. The Bertz CT molecular complexity index is 701. The number of nitrogens with zero attached hydrogens (tertiary/aromatic N) is 3. The number of ether oxygens (including phenoxy) is 1. The van der Waals surface area contributed by atoms with Crippen LogP contribution in [0.4, 0.5) is 5.88 Å². The molecule has 23 heavy (non-hydrogen) atoms. The average molecular weight is 318 g/mol. The molecule has 0 fully saturated rings. The van der Waals surface area contributed by atoms with Crippen LogP contribution in [0.1, 0.15) is 42.6 Å². The predicted molar refractivity (Wildman–Crippen MR) is 80.9 cm³/mol. The highest BCUT2D eigenvalue weighted by atomic mass is 16.5. The number of aromatic nitrogens is 3. The highest BCUT2D eigenvalue weighted by Gasteiger charge is 2.20. The lowest BCUT2D eigenvalue weighted by Gasteiger charge is -2.12. The maximum Gasteiger partial charge on any atom is 0.359 e. The van der Waals surface area contributed by atoms with E-state index in [0.29, 0.717) is 11.4 Å². The molecule has 1 amide bonds. The molecule has 2 aromatic rings. The Labute approximate surface area is 133 Å². The van der Waals surface area contributed by atoms with Crippen LogP contribution >= 0.6 is 0 Å². The van der Waals surface area contributed by atoms with E-state index in [9.17, 15) is 9.59 Å². The van der Waals surface area contributed by atoms with Crippen molar-refractivity contribution in [3.8, 4) is 0 Å². The van der Waals surface area contributed by atoms with Gasteiger partial charge in [0.15, 0.2) is 12.3 Å². The Hall–Kier alpha value is -2.77. The summed E-state index contributed by atoms with van der Waals surface area (Å²) >= 11 is 0. The topological polar surface area (TPSA) is 107 Å². The lowest BCUT2D eigenvalue weighted by atomic mass is 9.92. The number of nitrogens with one attached hydrogen (secondary N) is 1. The minimum Gasteiger partial charge on any atom is -0.451 e. The molecule has 0 atom stereocenters. The van der Waals surface area contributed by atoms with Crippen LogP contribution in [0.3, 0.4) is 0 Å². The molecule has 0 aliphatic heterocycles. The predicted octanol–water partition coefficient (Wildman–Crippen LogP) is 1.87. The number of carbonyl (C=O) groups is 2. The van der Waals surface area contributed by atoms with Gasteiger partial charge in [-0.1, -0.05) is 25.9 Å². The van der Waals surface area contributed by atoms with Crippen LogP contribution in [0, 0.1) is 6.92 Å². The molecule has 8 nitrogen and oxygen atoms in total. The van der Waals surface area contributed by atoms with E-state index in [-0.39, 0.29) is 17.0 Å². The van der Waals surface area contributed by atoms with E-state index in [4.69, 9.17) is 9.26 Å². The van der Waals surface area contributed by atoms with Gasteiger partial charge in [-0.25, -0.2) is 9.78 Å². The molecule has 0 aliphatic carbocycles. The molecule has 0 saturated carbocycles. The third-order valence-electron chi connectivity index (χ3n) is 2.87. The second kappa shape index (κ2) is 6.55. The normalized spacial score (nSPS) is 11.1. The highest BCUT2D eigenvalue weighted by Crippen LogP contribution is 2.23. The van der Waals surface area contributed by atoms with Gasteiger partial charge in [-0.3, -0.25) is 15.1 Å². The van der Waals surface area contributed by atoms with Gasteiger partial charge in [-0.15, -0.1) is 0 Å². The Morgan fingerprint density at radius 3 is 2.57 bits per heavy atom. The fourth-order valence-corrected chi connectivity index (χ4v) is 1.56. The number of anilines is 1. The van der Waals surface area contributed by atoms with Gasteiger partial charge in [0.1, 0.15) is 0 Å². The Morgan fingerprint density at radius 1 is 1.26 bits per heavy atom. The van der Waals surface area contributed by atoms with Crippen molar-refractivity contribution < 1.29 is 18.8 Å². The average Bonchev–Trinajstić information content (AvgIpc) is 2.94. The van der Waals surface area contributed by atoms with Crippen molar-refractivity contribution in [2.75, 3.05) is 11.9 Å². The van der Waals surface area contributed by atoms with Crippen LogP contribution in [0.2, 0.25) is 0 Å². The fourth-order valence-electron chi connectivity index (χ4n) is 1.56. The molecule has 1 N–H and O–H groups in total. The molecule has 0 aliphatic rings. The minimum absolute atomic E-state index is 0.0399. The number of carbonyl (C=O) groups excluding carboxylic acids is 2. The molecule has 0 aromatic carbocycles. The zero-order chi connectivity index (χ0) is 17.0. The van der Waals surface area contributed by atoms with E-state index in [2.05, 4.69) is 20.4 Å². The molecule has 8 heteroatoms. The molecule has 0 saturated heterocycles. The van der Waals surface area contributed by atoms with Gasteiger partial charge in [0.2, 0.25) is 5.88 Å². The van der Waals surface area contributed by atoms with Crippen LogP contribution < -0.4 is 5.32 Å². The second-order valence-corrected chi connectivity index (χ2v) is 5.99. The van der Waals surface area contributed by atoms with Crippen LogP contribution in [0.5, 0.6) is 0 Å². The number of rotatable bonds is 4. The van der Waals surface area contributed by atoms with Crippen LogP contribution in [0.25, 0.3) is 0 Å². The number of hydrogen-bond donors (Lipinski definition) is 1. The molecule has 0 spiro atoms. The molecular weight excluding hydrogens is 300 g/mol. The van der Waals surface area contributed by atoms with Gasteiger partial charge in [0, 0.05) is 17.7 Å². The summed E-state index contributed by atoms with van der Waals surface area (Å²) in [6.07, 6.45) is 2.74. The largest absolute Gasteiger partial charge is 0.451 e. The van der Waals surface area contributed by atoms with Crippen molar-refractivity contribution in [1.82, 2.24) is 15.1 Å². The Balaban J connectivity index is 1.86. The van der Waals surface area contributed by atoms with Crippen LogP contribution in [-0.4, -0.2) is 33.6 Å². The molecule has 2 rings (SSSR count). The molecule has 0 radical (unpaired) electrons. The summed E-state index contributed by atoms with van der Waals surface area (Å²) in [5.41, 5.74) is 1.24. The minimum atomic E-state index is -0.722. The summed E-state index contributed by atoms with van der Waals surface area (Å²) in [4.78, 5) is 31.3. The van der Waals surface area contributed by atoms with E-state index in [1.807, 2.05) is 20.8 Å². The van der Waals surface area contributed by atoms with Crippen molar-refractivity contribution in [2.24, 2.45) is 0 Å². The maximum atomic E-state index is 11.7. The van der Waals surface area contributed by atoms with Gasteiger partial charge in [-0.05, 0) is 6.92 Å². The maximum absolute atomic E-state index is 11.7. The lowest BCUT2D eigenvalue weighted by Crippen LogP contribution is -2.21. The van der Waals surface area contributed by atoms with Gasteiger partial charge < -0.3 is 9.26 Å². The third kappa shape index (κ3) is 4.60. The summed E-state index contributed by atoms with van der Waals surface area (Å²) in [6, 6.07) is 1.63. The summed E-state index contributed by atoms with van der Waals surface area (Å²) in [6.45, 7) is 7.21. The summed E-state index contributed by atoms with van der Waals surface area (Å²) in [5, 5.41) is 6.34. The molecule has 2 aromatic heterocycles. The van der Waals surface area contributed by atoms with Crippen LogP contribution in [-0.2, 0) is 14.9 Å². The first-order valence-electron chi connectivity index (χ1n) is 6.98. The summed E-state index contributed by atoms with van der Waals surface area (Å²) in [5.74, 6) is -1.05. The zero-order valence-corrected chi connectivity index (χ0v) is 13.4. The number of aryl methyl sites for hydroxylation is 1. The van der Waals surface area contributed by atoms with Crippen molar-refractivity contribution in [3.05, 3.63) is 35.5 Å². The zero-order valence-electron chi connectivity index (χ0n) is 13.4. The monoisotopic (exact) mass is 318 g/mol. The van der Waals surface area contributed by atoms with Crippen molar-refractivity contribution in [1.29, 1.82) is 0 Å². The van der Waals surface area contributed by atoms with Gasteiger partial charge in [0.25, 0.3) is 5.91 Å². The van der Waals surface area contributed by atoms with Gasteiger partial charge >= 0.3 is 5.97 Å². The molecule has 122 valence electrons.